The van der Waals surface area contributed by atoms with Gasteiger partial charge < -0.3 is 4.74 Å². The Balaban J connectivity index is 2.54. The van der Waals surface area contributed by atoms with Gasteiger partial charge in [0.2, 0.25) is 6.23 Å². The van der Waals surface area contributed by atoms with Gasteiger partial charge in [-0.3, -0.25) is 4.90 Å². The van der Waals surface area contributed by atoms with Crippen LogP contribution in [0.1, 0.15) is 19.3 Å². The molecule has 13 heavy (non-hydrogen) atoms. The minimum atomic E-state index is -4.27. The van der Waals surface area contributed by atoms with E-state index in [0.29, 0.717) is 13.1 Å². The molecule has 0 radical (unpaired) electrons. The van der Waals surface area contributed by atoms with Crippen molar-refractivity contribution in [3.8, 4) is 0 Å². The molecule has 1 unspecified atom stereocenters. The van der Waals surface area contributed by atoms with Gasteiger partial charge in [0, 0.05) is 20.2 Å². The lowest BCUT2D eigenvalue weighted by atomic mass is 10.1. The molecule has 78 valence electrons. The summed E-state index contributed by atoms with van der Waals surface area (Å²) in [5.74, 6) is 0. The molecule has 0 aromatic rings. The normalized spacial score (nSPS) is 23.1. The highest BCUT2D eigenvalue weighted by atomic mass is 19.4. The Labute approximate surface area is 75.7 Å². The van der Waals surface area contributed by atoms with E-state index in [1.807, 2.05) is 0 Å². The number of hydrogen-bond acceptors (Lipinski definition) is 2. The number of methoxy groups -OCH3 is 1. The van der Waals surface area contributed by atoms with Crippen LogP contribution in [0.25, 0.3) is 0 Å². The van der Waals surface area contributed by atoms with Crippen molar-refractivity contribution in [1.29, 1.82) is 0 Å². The van der Waals surface area contributed by atoms with Gasteiger partial charge >= 0.3 is 6.18 Å². The molecule has 1 heterocycles. The van der Waals surface area contributed by atoms with Crippen molar-refractivity contribution >= 4 is 0 Å². The first-order chi connectivity index (χ1) is 6.05. The minimum Gasteiger partial charge on any atom is -0.357 e. The van der Waals surface area contributed by atoms with Gasteiger partial charge in [-0.05, 0) is 12.8 Å². The van der Waals surface area contributed by atoms with Crippen molar-refractivity contribution in [3.05, 3.63) is 0 Å². The molecule has 0 spiro atoms. The lowest BCUT2D eigenvalue weighted by Crippen LogP contribution is -2.49. The molecular weight excluding hydrogens is 183 g/mol. The molecule has 2 nitrogen and oxygen atoms in total. The molecule has 0 aliphatic carbocycles. The average Bonchev–Trinajstić information content (AvgIpc) is 2.05. The summed E-state index contributed by atoms with van der Waals surface area (Å²) in [7, 11) is 1.10. The number of piperidine rings is 1. The first-order valence-corrected chi connectivity index (χ1v) is 4.39. The predicted octanol–water partition coefficient (Wildman–Crippen LogP) is 2.01. The average molecular weight is 197 g/mol. The summed E-state index contributed by atoms with van der Waals surface area (Å²) in [6.07, 6.45) is -3.31. The summed E-state index contributed by atoms with van der Waals surface area (Å²) in [5, 5.41) is 0. The van der Waals surface area contributed by atoms with E-state index in [4.69, 9.17) is 0 Å². The Morgan fingerprint density at radius 3 is 2.08 bits per heavy atom. The molecule has 1 aliphatic rings. The van der Waals surface area contributed by atoms with Crippen LogP contribution in [0.15, 0.2) is 0 Å². The summed E-state index contributed by atoms with van der Waals surface area (Å²) >= 11 is 0. The monoisotopic (exact) mass is 197 g/mol. The van der Waals surface area contributed by atoms with Crippen LogP contribution in [0.2, 0.25) is 0 Å². The molecule has 0 aromatic carbocycles. The lowest BCUT2D eigenvalue weighted by Gasteiger charge is -2.34. The third kappa shape index (κ3) is 2.84. The van der Waals surface area contributed by atoms with Crippen LogP contribution >= 0.6 is 0 Å². The molecule has 1 fully saturated rings. The molecule has 0 N–H and O–H groups in total. The van der Waals surface area contributed by atoms with Gasteiger partial charge in [0.25, 0.3) is 0 Å². The second-order valence-electron chi connectivity index (χ2n) is 3.23. The maximum absolute atomic E-state index is 12.3. The zero-order valence-electron chi connectivity index (χ0n) is 7.60. The maximum atomic E-state index is 12.3. The SMILES string of the molecule is COC(N1CCCCC1)C(F)(F)F. The molecule has 0 aromatic heterocycles. The van der Waals surface area contributed by atoms with E-state index < -0.39 is 12.4 Å². The van der Waals surface area contributed by atoms with E-state index in [0.717, 1.165) is 26.4 Å². The minimum absolute atomic E-state index is 0.484. The van der Waals surface area contributed by atoms with Crippen LogP contribution < -0.4 is 0 Å². The van der Waals surface area contributed by atoms with E-state index >= 15 is 0 Å². The van der Waals surface area contributed by atoms with Gasteiger partial charge in [0.15, 0.2) is 0 Å². The van der Waals surface area contributed by atoms with Crippen molar-refractivity contribution in [1.82, 2.24) is 4.90 Å². The van der Waals surface area contributed by atoms with Gasteiger partial charge in [-0.2, -0.15) is 13.2 Å². The second kappa shape index (κ2) is 4.28. The fraction of sp³-hybridized carbons (Fsp3) is 1.00. The number of ether oxygens (including phenoxy) is 1. The van der Waals surface area contributed by atoms with E-state index in [1.165, 1.54) is 4.90 Å². The number of halogens is 3. The van der Waals surface area contributed by atoms with Crippen molar-refractivity contribution in [3.63, 3.8) is 0 Å². The fourth-order valence-corrected chi connectivity index (χ4v) is 1.64. The Bertz CT molecular complexity index is 154. The van der Waals surface area contributed by atoms with Crippen LogP contribution in [0.3, 0.4) is 0 Å². The molecule has 1 saturated heterocycles. The first-order valence-electron chi connectivity index (χ1n) is 4.39. The van der Waals surface area contributed by atoms with Gasteiger partial charge in [0.05, 0.1) is 0 Å². The van der Waals surface area contributed by atoms with Gasteiger partial charge in [-0.25, -0.2) is 0 Å². The maximum Gasteiger partial charge on any atom is 0.428 e. The van der Waals surface area contributed by atoms with Crippen LogP contribution in [0, 0.1) is 0 Å². The molecule has 0 amide bonds. The lowest BCUT2D eigenvalue weighted by molar-refractivity contribution is -0.261. The number of hydrogen-bond donors (Lipinski definition) is 0. The fourth-order valence-electron chi connectivity index (χ4n) is 1.64. The Morgan fingerprint density at radius 1 is 1.15 bits per heavy atom. The standard InChI is InChI=1S/C8H14F3NO/c1-13-7(8(9,10)11)12-5-3-2-4-6-12/h7H,2-6H2,1H3. The van der Waals surface area contributed by atoms with Crippen LogP contribution in [0.5, 0.6) is 0 Å². The van der Waals surface area contributed by atoms with E-state index in [9.17, 15) is 13.2 Å². The number of nitrogens with zero attached hydrogens (tertiary/aromatic N) is 1. The van der Waals surface area contributed by atoms with E-state index in [-0.39, 0.29) is 0 Å². The smallest absolute Gasteiger partial charge is 0.357 e. The molecule has 1 rings (SSSR count). The van der Waals surface area contributed by atoms with Crippen molar-refractivity contribution < 1.29 is 17.9 Å². The topological polar surface area (TPSA) is 12.5 Å². The van der Waals surface area contributed by atoms with Crippen molar-refractivity contribution in [2.75, 3.05) is 20.2 Å². The second-order valence-corrected chi connectivity index (χ2v) is 3.23. The highest BCUT2D eigenvalue weighted by Gasteiger charge is 2.44. The summed E-state index contributed by atoms with van der Waals surface area (Å²) in [4.78, 5) is 1.35. The quantitative estimate of drug-likeness (QED) is 0.671. The van der Waals surface area contributed by atoms with E-state index in [2.05, 4.69) is 4.74 Å². The number of alkyl halides is 3. The summed E-state index contributed by atoms with van der Waals surface area (Å²) in [6, 6.07) is 0. The van der Waals surface area contributed by atoms with Gasteiger partial charge in [0.1, 0.15) is 0 Å². The first kappa shape index (κ1) is 10.8. The molecule has 1 aliphatic heterocycles. The van der Waals surface area contributed by atoms with Crippen molar-refractivity contribution in [2.45, 2.75) is 31.7 Å². The number of rotatable bonds is 2. The largest absolute Gasteiger partial charge is 0.428 e. The third-order valence-electron chi connectivity index (χ3n) is 2.23. The summed E-state index contributed by atoms with van der Waals surface area (Å²) < 4.78 is 41.5. The zero-order chi connectivity index (χ0) is 9.90. The highest BCUT2D eigenvalue weighted by molar-refractivity contribution is 4.73. The van der Waals surface area contributed by atoms with Crippen LogP contribution in [-0.4, -0.2) is 37.5 Å². The Kier molecular flexibility index (Phi) is 3.55. The van der Waals surface area contributed by atoms with Gasteiger partial charge in [-0.15, -0.1) is 0 Å². The third-order valence-corrected chi connectivity index (χ3v) is 2.23. The summed E-state index contributed by atoms with van der Waals surface area (Å²) in [5.41, 5.74) is 0. The highest BCUT2D eigenvalue weighted by Crippen LogP contribution is 2.27. The van der Waals surface area contributed by atoms with Crippen LogP contribution in [0.4, 0.5) is 13.2 Å². The van der Waals surface area contributed by atoms with Crippen LogP contribution in [-0.2, 0) is 4.74 Å². The molecule has 5 heteroatoms. The molecule has 0 saturated carbocycles. The number of likely N-dealkylation sites (tertiary alicyclic amines) is 1. The molecule has 1 atom stereocenters. The molecule has 0 bridgehead atoms. The Morgan fingerprint density at radius 2 is 1.69 bits per heavy atom. The summed E-state index contributed by atoms with van der Waals surface area (Å²) in [6.45, 7) is 0.968. The van der Waals surface area contributed by atoms with Crippen molar-refractivity contribution in [2.24, 2.45) is 0 Å². The zero-order valence-corrected chi connectivity index (χ0v) is 7.60. The Hall–Kier alpha value is -0.290. The predicted molar refractivity (Wildman–Crippen MR) is 42.3 cm³/mol. The van der Waals surface area contributed by atoms with Gasteiger partial charge in [-0.1, -0.05) is 6.42 Å². The van der Waals surface area contributed by atoms with E-state index in [1.54, 1.807) is 0 Å². The molecular formula is C8H14F3NO.